The first-order valence-electron chi connectivity index (χ1n) is 7.05. The molecule has 0 aromatic heterocycles. The van der Waals surface area contributed by atoms with Gasteiger partial charge in [-0.25, -0.2) is 0 Å². The zero-order valence-corrected chi connectivity index (χ0v) is 11.8. The van der Waals surface area contributed by atoms with E-state index in [9.17, 15) is 4.79 Å². The largest absolute Gasteiger partial charge is 0.294 e. The van der Waals surface area contributed by atoms with Crippen LogP contribution in [-0.4, -0.2) is 5.78 Å². The maximum Gasteiger partial charge on any atom is 0.162 e. The quantitative estimate of drug-likeness (QED) is 0.780. The second-order valence-corrected chi connectivity index (χ2v) is 5.45. The smallest absolute Gasteiger partial charge is 0.162 e. The molecular formula is C19H18O. The topological polar surface area (TPSA) is 17.1 Å². The summed E-state index contributed by atoms with van der Waals surface area (Å²) in [6.45, 7) is 4.00. The van der Waals surface area contributed by atoms with Crippen LogP contribution in [0.1, 0.15) is 30.9 Å². The molecule has 0 heterocycles. The summed E-state index contributed by atoms with van der Waals surface area (Å²) in [5, 5.41) is 0. The number of rotatable bonds is 2. The van der Waals surface area contributed by atoms with Crippen molar-refractivity contribution in [3.63, 3.8) is 0 Å². The summed E-state index contributed by atoms with van der Waals surface area (Å²) in [4.78, 5) is 12.4. The Labute approximate surface area is 120 Å². The lowest BCUT2D eigenvalue weighted by atomic mass is 9.83. The number of ketones is 1. The third-order valence-electron chi connectivity index (χ3n) is 4.24. The van der Waals surface area contributed by atoms with Crippen LogP contribution in [0, 0.1) is 5.92 Å². The average Bonchev–Trinajstić information content (AvgIpc) is 2.73. The molecule has 0 spiro atoms. The molecule has 0 bridgehead atoms. The third-order valence-corrected chi connectivity index (χ3v) is 4.24. The van der Waals surface area contributed by atoms with Gasteiger partial charge in [0.2, 0.25) is 0 Å². The summed E-state index contributed by atoms with van der Waals surface area (Å²) in [6.07, 6.45) is 0. The molecule has 2 aromatic rings. The highest BCUT2D eigenvalue weighted by atomic mass is 16.1. The van der Waals surface area contributed by atoms with Crippen LogP contribution in [0.4, 0.5) is 0 Å². The first kappa shape index (κ1) is 12.9. The second kappa shape index (κ2) is 5.09. The summed E-state index contributed by atoms with van der Waals surface area (Å²) in [5.74, 6) is 0.469. The fraction of sp³-hybridized carbons (Fsp3) is 0.211. The van der Waals surface area contributed by atoms with Gasteiger partial charge in [0, 0.05) is 11.8 Å². The molecule has 0 amide bonds. The van der Waals surface area contributed by atoms with Gasteiger partial charge in [0.25, 0.3) is 0 Å². The number of benzene rings is 2. The van der Waals surface area contributed by atoms with Crippen LogP contribution < -0.4 is 0 Å². The zero-order valence-electron chi connectivity index (χ0n) is 11.8. The van der Waals surface area contributed by atoms with E-state index in [1.807, 2.05) is 50.2 Å². The van der Waals surface area contributed by atoms with Crippen molar-refractivity contribution in [2.24, 2.45) is 5.92 Å². The van der Waals surface area contributed by atoms with E-state index in [-0.39, 0.29) is 17.6 Å². The van der Waals surface area contributed by atoms with Gasteiger partial charge in [0.1, 0.15) is 0 Å². The highest BCUT2D eigenvalue weighted by Gasteiger charge is 2.38. The van der Waals surface area contributed by atoms with Crippen LogP contribution in [0.3, 0.4) is 0 Å². The number of carbonyl (C=O) groups excluding carboxylic acids is 1. The van der Waals surface area contributed by atoms with E-state index in [2.05, 4.69) is 24.3 Å². The molecule has 0 radical (unpaired) electrons. The first-order chi connectivity index (χ1) is 9.70. The Kier molecular flexibility index (Phi) is 3.27. The molecule has 0 fully saturated rings. The molecule has 3 rings (SSSR count). The summed E-state index contributed by atoms with van der Waals surface area (Å²) >= 11 is 0. The Balaban J connectivity index is 2.15. The van der Waals surface area contributed by atoms with Crippen molar-refractivity contribution in [3.05, 3.63) is 77.4 Å². The van der Waals surface area contributed by atoms with E-state index in [1.165, 1.54) is 11.1 Å². The van der Waals surface area contributed by atoms with Crippen molar-refractivity contribution >= 4 is 11.4 Å². The zero-order chi connectivity index (χ0) is 14.1. The van der Waals surface area contributed by atoms with Crippen LogP contribution in [0.25, 0.3) is 5.57 Å². The Morgan fingerprint density at radius 1 is 0.850 bits per heavy atom. The Hall–Kier alpha value is -2.15. The highest BCUT2D eigenvalue weighted by molar-refractivity contribution is 6.10. The van der Waals surface area contributed by atoms with E-state index in [0.717, 1.165) is 11.1 Å². The standard InChI is InChI=1S/C19H18O/c1-13-17(15-9-5-3-6-10-15)18(14(2)19(13)20)16-11-7-4-8-12-16/h3-13,17H,1-2H3/t13-,17-/m1/s1. The fourth-order valence-electron chi connectivity index (χ4n) is 3.24. The van der Waals surface area contributed by atoms with Gasteiger partial charge in [-0.15, -0.1) is 0 Å². The first-order valence-corrected chi connectivity index (χ1v) is 7.05. The van der Waals surface area contributed by atoms with Gasteiger partial charge in [0.05, 0.1) is 0 Å². The van der Waals surface area contributed by atoms with Crippen LogP contribution in [0.5, 0.6) is 0 Å². The SMILES string of the molecule is CC1=C(c2ccccc2)[C@@H](c2ccccc2)[C@@H](C)C1=O. The van der Waals surface area contributed by atoms with Crippen molar-refractivity contribution in [2.45, 2.75) is 19.8 Å². The molecule has 2 aromatic carbocycles. The number of allylic oxidation sites excluding steroid dienone is 2. The van der Waals surface area contributed by atoms with Gasteiger partial charge in [-0.3, -0.25) is 4.79 Å². The molecule has 0 N–H and O–H groups in total. The van der Waals surface area contributed by atoms with Crippen LogP contribution >= 0.6 is 0 Å². The average molecular weight is 262 g/mol. The van der Waals surface area contributed by atoms with Crippen molar-refractivity contribution in [1.82, 2.24) is 0 Å². The number of hydrogen-bond acceptors (Lipinski definition) is 1. The number of carbonyl (C=O) groups is 1. The summed E-state index contributed by atoms with van der Waals surface area (Å²) in [7, 11) is 0. The predicted octanol–water partition coefficient (Wildman–Crippen LogP) is 4.46. The summed E-state index contributed by atoms with van der Waals surface area (Å²) in [6, 6.07) is 20.6. The Morgan fingerprint density at radius 2 is 1.40 bits per heavy atom. The van der Waals surface area contributed by atoms with E-state index in [0.29, 0.717) is 0 Å². The molecule has 0 aliphatic heterocycles. The van der Waals surface area contributed by atoms with Crippen molar-refractivity contribution in [1.29, 1.82) is 0 Å². The van der Waals surface area contributed by atoms with E-state index in [1.54, 1.807) is 0 Å². The molecule has 0 saturated heterocycles. The minimum atomic E-state index is 0.0209. The number of Topliss-reactive ketones (excluding diaryl/α,β-unsaturated/α-hetero) is 1. The van der Waals surface area contributed by atoms with E-state index >= 15 is 0 Å². The molecule has 100 valence electrons. The van der Waals surface area contributed by atoms with Gasteiger partial charge in [-0.1, -0.05) is 67.6 Å². The van der Waals surface area contributed by atoms with Crippen LogP contribution in [0.15, 0.2) is 66.2 Å². The molecule has 0 unspecified atom stereocenters. The molecule has 2 atom stereocenters. The molecule has 1 aliphatic rings. The van der Waals surface area contributed by atoms with E-state index < -0.39 is 0 Å². The van der Waals surface area contributed by atoms with Gasteiger partial charge < -0.3 is 0 Å². The molecule has 20 heavy (non-hydrogen) atoms. The lowest BCUT2D eigenvalue weighted by molar-refractivity contribution is -0.118. The monoisotopic (exact) mass is 262 g/mol. The van der Waals surface area contributed by atoms with Crippen molar-refractivity contribution in [2.75, 3.05) is 0 Å². The highest BCUT2D eigenvalue weighted by Crippen LogP contribution is 2.46. The van der Waals surface area contributed by atoms with Gasteiger partial charge in [-0.2, -0.15) is 0 Å². The molecule has 1 aliphatic carbocycles. The Morgan fingerprint density at radius 3 is 2.00 bits per heavy atom. The predicted molar refractivity (Wildman–Crippen MR) is 82.4 cm³/mol. The normalized spacial score (nSPS) is 22.4. The van der Waals surface area contributed by atoms with Crippen molar-refractivity contribution < 1.29 is 4.79 Å². The Bertz CT molecular complexity index is 653. The lowest BCUT2D eigenvalue weighted by Crippen LogP contribution is -2.12. The molecule has 1 nitrogen and oxygen atoms in total. The minimum Gasteiger partial charge on any atom is -0.294 e. The molecular weight excluding hydrogens is 244 g/mol. The lowest BCUT2D eigenvalue weighted by Gasteiger charge is -2.20. The number of hydrogen-bond donors (Lipinski definition) is 0. The summed E-state index contributed by atoms with van der Waals surface area (Å²) in [5.41, 5.74) is 4.49. The third kappa shape index (κ3) is 2.00. The van der Waals surface area contributed by atoms with Gasteiger partial charge >= 0.3 is 0 Å². The van der Waals surface area contributed by atoms with Crippen LogP contribution in [-0.2, 0) is 4.79 Å². The molecule has 1 heteroatoms. The van der Waals surface area contributed by atoms with Gasteiger partial charge in [-0.05, 0) is 29.2 Å². The minimum absolute atomic E-state index is 0.0209. The maximum atomic E-state index is 12.4. The second-order valence-electron chi connectivity index (χ2n) is 5.45. The fourth-order valence-corrected chi connectivity index (χ4v) is 3.24. The molecule has 0 saturated carbocycles. The van der Waals surface area contributed by atoms with Crippen LogP contribution in [0.2, 0.25) is 0 Å². The maximum absolute atomic E-state index is 12.4. The van der Waals surface area contributed by atoms with Gasteiger partial charge in [0.15, 0.2) is 5.78 Å². The van der Waals surface area contributed by atoms with Crippen molar-refractivity contribution in [3.8, 4) is 0 Å². The van der Waals surface area contributed by atoms with E-state index in [4.69, 9.17) is 0 Å². The summed E-state index contributed by atoms with van der Waals surface area (Å²) < 4.78 is 0.